The minimum absolute atomic E-state index is 0.388. The Morgan fingerprint density at radius 2 is 2.36 bits per heavy atom. The lowest BCUT2D eigenvalue weighted by atomic mass is 10.1. The van der Waals surface area contributed by atoms with E-state index in [0.717, 1.165) is 5.56 Å². The standard InChI is InChI=1S/C11H15NO2/c1-8(12-2)5-9-3-4-10-11(6-9)14-7-13-10/h3-4,6,8,12H,5,7H2,1-2H3/i7D2,8D. The molecule has 1 aromatic rings. The van der Waals surface area contributed by atoms with Crippen LogP contribution in [0.5, 0.6) is 11.5 Å². The molecular formula is C11H15NO2. The van der Waals surface area contributed by atoms with Gasteiger partial charge >= 0.3 is 0 Å². The van der Waals surface area contributed by atoms with E-state index in [0.29, 0.717) is 17.9 Å². The summed E-state index contributed by atoms with van der Waals surface area (Å²) in [6.45, 7) is -0.314. The average molecular weight is 196 g/mol. The summed E-state index contributed by atoms with van der Waals surface area (Å²) in [6.07, 6.45) is 0.503. The van der Waals surface area contributed by atoms with Gasteiger partial charge in [-0.05, 0) is 38.1 Å². The molecule has 0 aliphatic carbocycles. The van der Waals surface area contributed by atoms with Crippen LogP contribution < -0.4 is 14.8 Å². The topological polar surface area (TPSA) is 30.5 Å². The van der Waals surface area contributed by atoms with Gasteiger partial charge in [0.25, 0.3) is 0 Å². The molecule has 0 amide bonds. The lowest BCUT2D eigenvalue weighted by Gasteiger charge is -2.09. The first-order valence-electron chi connectivity index (χ1n) is 6.01. The third-order valence-corrected chi connectivity index (χ3v) is 2.21. The lowest BCUT2D eigenvalue weighted by Crippen LogP contribution is -2.23. The molecule has 1 aliphatic heterocycles. The Bertz CT molecular complexity index is 435. The summed E-state index contributed by atoms with van der Waals surface area (Å²) in [7, 11) is 1.73. The molecule has 76 valence electrons. The van der Waals surface area contributed by atoms with Crippen molar-refractivity contribution in [3.63, 3.8) is 0 Å². The first-order chi connectivity index (χ1) is 7.81. The molecule has 2 rings (SSSR count). The van der Waals surface area contributed by atoms with E-state index in [9.17, 15) is 0 Å². The second-order valence-corrected chi connectivity index (χ2v) is 3.28. The van der Waals surface area contributed by atoms with Gasteiger partial charge in [0.1, 0.15) is 2.74 Å². The molecule has 0 fully saturated rings. The van der Waals surface area contributed by atoms with Crippen LogP contribution in [0.3, 0.4) is 0 Å². The molecule has 0 saturated heterocycles. The number of rotatable bonds is 3. The molecule has 0 bridgehead atoms. The number of ether oxygens (including phenoxy) is 2. The Kier molecular flexibility index (Phi) is 1.75. The minimum Gasteiger partial charge on any atom is -0.454 e. The first-order valence-corrected chi connectivity index (χ1v) is 4.51. The highest BCUT2D eigenvalue weighted by Gasteiger charge is 2.13. The first kappa shape index (κ1) is 6.30. The van der Waals surface area contributed by atoms with Gasteiger partial charge in [-0.25, -0.2) is 0 Å². The van der Waals surface area contributed by atoms with Crippen LogP contribution in [0.25, 0.3) is 0 Å². The normalized spacial score (nSPS) is 24.6. The number of benzene rings is 1. The summed E-state index contributed by atoms with van der Waals surface area (Å²) in [4.78, 5) is 0. The van der Waals surface area contributed by atoms with Crippen LogP contribution in [-0.4, -0.2) is 19.8 Å². The molecule has 1 heterocycles. The Balaban J connectivity index is 2.20. The molecule has 0 aromatic heterocycles. The van der Waals surface area contributed by atoms with Gasteiger partial charge in [0.2, 0.25) is 6.75 Å². The van der Waals surface area contributed by atoms with Gasteiger partial charge in [-0.3, -0.25) is 0 Å². The molecule has 1 atom stereocenters. The highest BCUT2D eigenvalue weighted by molar-refractivity contribution is 5.44. The molecule has 3 nitrogen and oxygen atoms in total. The molecular weight excluding hydrogens is 178 g/mol. The summed E-state index contributed by atoms with van der Waals surface area (Å²) in [5.41, 5.74) is 0.900. The largest absolute Gasteiger partial charge is 0.454 e. The second-order valence-electron chi connectivity index (χ2n) is 3.28. The third kappa shape index (κ3) is 1.82. The Morgan fingerprint density at radius 1 is 1.57 bits per heavy atom. The SMILES string of the molecule is [2H]C(C)(Cc1ccc2c(c1)OC([2H])([2H])O2)NC. The zero-order valence-corrected chi connectivity index (χ0v) is 8.26. The van der Waals surface area contributed by atoms with Gasteiger partial charge in [0.05, 0.1) is 0 Å². The summed E-state index contributed by atoms with van der Waals surface area (Å²) >= 11 is 0. The maximum atomic E-state index is 7.93. The van der Waals surface area contributed by atoms with E-state index in [4.69, 9.17) is 13.6 Å². The molecule has 1 unspecified atom stereocenters. The number of nitrogens with one attached hydrogen (secondary N) is 1. The minimum atomic E-state index is -2.09. The molecule has 0 saturated carbocycles. The van der Waals surface area contributed by atoms with E-state index in [1.807, 2.05) is 6.07 Å². The summed E-state index contributed by atoms with van der Waals surface area (Å²) in [5.74, 6) is 0.786. The third-order valence-electron chi connectivity index (χ3n) is 2.21. The van der Waals surface area contributed by atoms with E-state index in [1.54, 1.807) is 26.1 Å². The fourth-order valence-corrected chi connectivity index (χ4v) is 1.33. The monoisotopic (exact) mass is 196 g/mol. The zero-order chi connectivity index (χ0) is 12.7. The van der Waals surface area contributed by atoms with Crippen molar-refractivity contribution in [3.05, 3.63) is 23.8 Å². The van der Waals surface area contributed by atoms with Gasteiger partial charge < -0.3 is 14.8 Å². The van der Waals surface area contributed by atoms with Crippen molar-refractivity contribution < 1.29 is 13.6 Å². The summed E-state index contributed by atoms with van der Waals surface area (Å²) < 4.78 is 32.6. The van der Waals surface area contributed by atoms with Crippen molar-refractivity contribution in [3.8, 4) is 11.5 Å². The van der Waals surface area contributed by atoms with E-state index < -0.39 is 12.8 Å². The van der Waals surface area contributed by atoms with E-state index in [1.165, 1.54) is 0 Å². The van der Waals surface area contributed by atoms with Gasteiger partial charge in [0, 0.05) is 7.39 Å². The number of hydrogen-bond donors (Lipinski definition) is 1. The maximum Gasteiger partial charge on any atom is 0.231 e. The zero-order valence-electron chi connectivity index (χ0n) is 11.3. The van der Waals surface area contributed by atoms with Crippen LogP contribution in [0.2, 0.25) is 0 Å². The van der Waals surface area contributed by atoms with Crippen LogP contribution in [0.4, 0.5) is 0 Å². The number of likely N-dealkylation sites (N-methyl/N-ethyl adjacent to an activating group) is 1. The smallest absolute Gasteiger partial charge is 0.231 e. The maximum absolute atomic E-state index is 7.93. The van der Waals surface area contributed by atoms with Crippen molar-refractivity contribution in [2.75, 3.05) is 13.8 Å². The lowest BCUT2D eigenvalue weighted by molar-refractivity contribution is 0.174. The van der Waals surface area contributed by atoms with E-state index in [-0.39, 0.29) is 0 Å². The van der Waals surface area contributed by atoms with Crippen LogP contribution in [0.15, 0.2) is 18.2 Å². The average Bonchev–Trinajstić information content (AvgIpc) is 2.50. The molecule has 3 heteroatoms. The van der Waals surface area contributed by atoms with Gasteiger partial charge in [-0.15, -0.1) is 0 Å². The molecule has 0 spiro atoms. The van der Waals surface area contributed by atoms with Crippen molar-refractivity contribution in [1.29, 1.82) is 0 Å². The quantitative estimate of drug-likeness (QED) is 0.796. The second kappa shape index (κ2) is 3.88. The van der Waals surface area contributed by atoms with Crippen LogP contribution >= 0.6 is 0 Å². The molecule has 1 aliphatic rings. The predicted molar refractivity (Wildman–Crippen MR) is 54.8 cm³/mol. The summed E-state index contributed by atoms with van der Waals surface area (Å²) in [6, 6.07) is 4.44. The molecule has 14 heavy (non-hydrogen) atoms. The van der Waals surface area contributed by atoms with Gasteiger partial charge in [-0.2, -0.15) is 0 Å². The predicted octanol–water partition coefficient (Wildman–Crippen LogP) is 1.57. The van der Waals surface area contributed by atoms with Gasteiger partial charge in [0.15, 0.2) is 11.5 Å². The van der Waals surface area contributed by atoms with Crippen molar-refractivity contribution in [2.45, 2.75) is 19.4 Å². The van der Waals surface area contributed by atoms with Crippen molar-refractivity contribution in [2.24, 2.45) is 0 Å². The highest BCUT2D eigenvalue weighted by Crippen LogP contribution is 2.32. The summed E-state index contributed by atoms with van der Waals surface area (Å²) in [5, 5.41) is 2.89. The number of fused-ring (bicyclic) bond motifs is 1. The van der Waals surface area contributed by atoms with E-state index in [2.05, 4.69) is 5.32 Å². The Labute approximate surface area is 88.2 Å². The van der Waals surface area contributed by atoms with Crippen LogP contribution in [0, 0.1) is 0 Å². The highest BCUT2D eigenvalue weighted by atomic mass is 16.7. The molecule has 1 N–H and O–H groups in total. The Hall–Kier alpha value is -1.22. The van der Waals surface area contributed by atoms with Gasteiger partial charge in [-0.1, -0.05) is 6.07 Å². The fourth-order valence-electron chi connectivity index (χ4n) is 1.33. The van der Waals surface area contributed by atoms with E-state index >= 15 is 0 Å². The van der Waals surface area contributed by atoms with Crippen LogP contribution in [-0.2, 0) is 6.42 Å². The van der Waals surface area contributed by atoms with Crippen LogP contribution in [0.1, 0.15) is 16.6 Å². The fraction of sp³-hybridized carbons (Fsp3) is 0.455. The molecule has 1 aromatic carbocycles. The van der Waals surface area contributed by atoms with Crippen molar-refractivity contribution in [1.82, 2.24) is 5.32 Å². The van der Waals surface area contributed by atoms with Crippen molar-refractivity contribution >= 4 is 0 Å². The Morgan fingerprint density at radius 3 is 3.14 bits per heavy atom. The molecule has 0 radical (unpaired) electrons. The number of hydrogen-bond acceptors (Lipinski definition) is 3.